The van der Waals surface area contributed by atoms with Crippen LogP contribution in [0.4, 0.5) is 28.4 Å². The monoisotopic (exact) mass is 753 g/mol. The van der Waals surface area contributed by atoms with Crippen molar-refractivity contribution in [3.8, 4) is 22.3 Å². The molecule has 1 aliphatic heterocycles. The van der Waals surface area contributed by atoms with E-state index < -0.39 is 0 Å². The molecule has 1 heterocycles. The molecule has 7 aromatic carbocycles. The number of hydrogen-bond acceptors (Lipinski definition) is 3. The van der Waals surface area contributed by atoms with Gasteiger partial charge in [-0.2, -0.15) is 0 Å². The van der Waals surface area contributed by atoms with E-state index in [2.05, 4.69) is 242 Å². The summed E-state index contributed by atoms with van der Waals surface area (Å²) < 4.78 is 0. The minimum atomic E-state index is -0.107. The predicted molar refractivity (Wildman–Crippen MR) is 248 cm³/mol. The quantitative estimate of drug-likeness (QED) is 0.115. The van der Waals surface area contributed by atoms with Crippen LogP contribution in [0, 0.1) is 0 Å². The highest BCUT2D eigenvalue weighted by atomic mass is 15.2. The first-order valence-corrected chi connectivity index (χ1v) is 20.4. The van der Waals surface area contributed by atoms with Crippen LogP contribution in [0.3, 0.4) is 0 Å². The van der Waals surface area contributed by atoms with E-state index in [1.807, 2.05) is 6.08 Å². The fourth-order valence-electron chi connectivity index (χ4n) is 8.44. The van der Waals surface area contributed by atoms with Crippen molar-refractivity contribution in [3.63, 3.8) is 0 Å². The molecule has 1 aliphatic rings. The summed E-state index contributed by atoms with van der Waals surface area (Å²) in [6.45, 7) is 8.20. The highest BCUT2D eigenvalue weighted by Crippen LogP contribution is 2.44. The summed E-state index contributed by atoms with van der Waals surface area (Å²) in [5, 5.41) is 0. The molecule has 3 heteroatoms. The third-order valence-corrected chi connectivity index (χ3v) is 11.6. The maximum Gasteiger partial charge on any atom is 0.0462 e. The Bertz CT molecular complexity index is 2440. The molecule has 0 aromatic heterocycles. The molecule has 1 fully saturated rings. The Morgan fingerprint density at radius 2 is 0.879 bits per heavy atom. The normalized spacial score (nSPS) is 14.3. The van der Waals surface area contributed by atoms with E-state index in [9.17, 15) is 0 Å². The second-order valence-electron chi connectivity index (χ2n) is 15.1. The van der Waals surface area contributed by atoms with Gasteiger partial charge >= 0.3 is 0 Å². The molecule has 3 nitrogen and oxygen atoms in total. The number of likely N-dealkylation sites (tertiary alicyclic amines) is 1. The molecule has 0 N–H and O–H groups in total. The third kappa shape index (κ3) is 8.09. The first-order chi connectivity index (χ1) is 28.6. The first kappa shape index (κ1) is 38.2. The van der Waals surface area contributed by atoms with Gasteiger partial charge in [0.05, 0.1) is 0 Å². The Kier molecular flexibility index (Phi) is 11.6. The highest BCUT2D eigenvalue weighted by Gasteiger charge is 2.37. The topological polar surface area (TPSA) is 9.72 Å². The average Bonchev–Trinajstić information content (AvgIpc) is 3.29. The average molecular weight is 754 g/mol. The van der Waals surface area contributed by atoms with Crippen LogP contribution in [0.5, 0.6) is 0 Å². The van der Waals surface area contributed by atoms with Crippen molar-refractivity contribution in [3.05, 3.63) is 236 Å². The lowest BCUT2D eigenvalue weighted by Gasteiger charge is -2.42. The summed E-state index contributed by atoms with van der Waals surface area (Å²) in [5.74, 6) is 0. The molecule has 8 rings (SSSR count). The lowest BCUT2D eigenvalue weighted by Crippen LogP contribution is -2.41. The number of piperidine rings is 1. The number of hydrogen-bond donors (Lipinski definition) is 0. The van der Waals surface area contributed by atoms with Crippen molar-refractivity contribution in [2.75, 3.05) is 29.9 Å². The highest BCUT2D eigenvalue weighted by molar-refractivity contribution is 5.79. The minimum Gasteiger partial charge on any atom is -0.311 e. The summed E-state index contributed by atoms with van der Waals surface area (Å²) in [6.07, 6.45) is 10.3. The van der Waals surface area contributed by atoms with Crippen LogP contribution in [0.2, 0.25) is 0 Å². The van der Waals surface area contributed by atoms with Crippen LogP contribution in [0.15, 0.2) is 225 Å². The lowest BCUT2D eigenvalue weighted by molar-refractivity contribution is 0.213. The second-order valence-corrected chi connectivity index (χ2v) is 15.1. The molecule has 1 saturated heterocycles. The van der Waals surface area contributed by atoms with Gasteiger partial charge in [-0.15, -0.1) is 0 Å². The van der Waals surface area contributed by atoms with Crippen molar-refractivity contribution in [2.24, 2.45) is 0 Å². The van der Waals surface area contributed by atoms with Crippen LogP contribution < -0.4 is 9.80 Å². The standard InChI is InChI=1S/C55H51N3/c1-4-15-49(16-5-2)57(51-31-23-45(24-32-51)43-17-9-6-10-18-43)53-35-27-47(28-36-53)55(39-41-56(3)42-40-55)48-29-37-54(38-30-48)58(50-21-13-8-14-22-50)52-33-25-46(26-34-52)44-19-11-7-12-20-44/h4-38H,1,39-42H2,2-3H3/b16-5-,49-15+. The van der Waals surface area contributed by atoms with Gasteiger partial charge in [0, 0.05) is 39.5 Å². The zero-order chi connectivity index (χ0) is 39.7. The first-order valence-electron chi connectivity index (χ1n) is 20.4. The van der Waals surface area contributed by atoms with Gasteiger partial charge in [0.25, 0.3) is 0 Å². The van der Waals surface area contributed by atoms with Crippen LogP contribution >= 0.6 is 0 Å². The molecule has 286 valence electrons. The fraction of sp³-hybridized carbons (Fsp3) is 0.127. The van der Waals surface area contributed by atoms with E-state index >= 15 is 0 Å². The van der Waals surface area contributed by atoms with Gasteiger partial charge in [-0.05, 0) is 146 Å². The van der Waals surface area contributed by atoms with Gasteiger partial charge < -0.3 is 14.7 Å². The molecule has 0 saturated carbocycles. The van der Waals surface area contributed by atoms with Gasteiger partial charge in [-0.1, -0.05) is 146 Å². The molecule has 58 heavy (non-hydrogen) atoms. The van der Waals surface area contributed by atoms with Crippen molar-refractivity contribution in [1.29, 1.82) is 0 Å². The van der Waals surface area contributed by atoms with Crippen LogP contribution in [0.25, 0.3) is 22.3 Å². The molecule has 0 aliphatic carbocycles. The molecular weight excluding hydrogens is 703 g/mol. The van der Waals surface area contributed by atoms with Crippen molar-refractivity contribution >= 4 is 28.4 Å². The fourth-order valence-corrected chi connectivity index (χ4v) is 8.44. The Hall–Kier alpha value is -6.68. The van der Waals surface area contributed by atoms with Crippen molar-refractivity contribution in [2.45, 2.75) is 25.2 Å². The van der Waals surface area contributed by atoms with Crippen molar-refractivity contribution < 1.29 is 0 Å². The molecule has 0 bridgehead atoms. The summed E-state index contributed by atoms with van der Waals surface area (Å²) in [7, 11) is 2.24. The van der Waals surface area contributed by atoms with E-state index in [1.165, 1.54) is 33.4 Å². The van der Waals surface area contributed by atoms with E-state index in [1.54, 1.807) is 0 Å². The van der Waals surface area contributed by atoms with Gasteiger partial charge in [-0.3, -0.25) is 0 Å². The minimum absolute atomic E-state index is 0.107. The maximum absolute atomic E-state index is 4.05. The molecule has 7 aromatic rings. The largest absolute Gasteiger partial charge is 0.311 e. The Balaban J connectivity index is 1.14. The van der Waals surface area contributed by atoms with E-state index in [0.29, 0.717) is 0 Å². The number of nitrogens with zero attached hydrogens (tertiary/aromatic N) is 3. The van der Waals surface area contributed by atoms with Crippen molar-refractivity contribution in [1.82, 2.24) is 4.90 Å². The predicted octanol–water partition coefficient (Wildman–Crippen LogP) is 14.3. The Labute approximate surface area is 345 Å². The maximum atomic E-state index is 4.05. The molecule has 0 radical (unpaired) electrons. The van der Waals surface area contributed by atoms with E-state index in [-0.39, 0.29) is 5.41 Å². The smallest absolute Gasteiger partial charge is 0.0462 e. The summed E-state index contributed by atoms with van der Waals surface area (Å²) in [4.78, 5) is 7.14. The zero-order valence-corrected chi connectivity index (χ0v) is 33.6. The Morgan fingerprint density at radius 3 is 1.33 bits per heavy atom. The Morgan fingerprint density at radius 1 is 0.500 bits per heavy atom. The lowest BCUT2D eigenvalue weighted by atomic mass is 9.68. The molecule has 0 spiro atoms. The number of para-hydroxylation sites is 1. The molecular formula is C55H51N3. The van der Waals surface area contributed by atoms with Gasteiger partial charge in [0.15, 0.2) is 0 Å². The number of rotatable bonds is 12. The summed E-state index contributed by atoms with van der Waals surface area (Å²) in [6, 6.07) is 68.3. The molecule has 0 atom stereocenters. The van der Waals surface area contributed by atoms with Crippen LogP contribution in [-0.2, 0) is 5.41 Å². The number of allylic oxidation sites excluding steroid dienone is 4. The second kappa shape index (κ2) is 17.6. The summed E-state index contributed by atoms with van der Waals surface area (Å²) in [5.41, 5.74) is 14.1. The van der Waals surface area contributed by atoms with E-state index in [4.69, 9.17) is 0 Å². The van der Waals surface area contributed by atoms with Crippen LogP contribution in [0.1, 0.15) is 30.9 Å². The summed E-state index contributed by atoms with van der Waals surface area (Å²) >= 11 is 0. The number of benzene rings is 7. The van der Waals surface area contributed by atoms with E-state index in [0.717, 1.165) is 60.1 Å². The SMILES string of the molecule is C=C/C=C(\C=C/C)N(c1ccc(-c2ccccc2)cc1)c1ccc(C2(c3ccc(N(c4ccccc4)c4ccc(-c5ccccc5)cc4)cc3)CCN(C)CC2)cc1. The van der Waals surface area contributed by atoms with Gasteiger partial charge in [0.1, 0.15) is 0 Å². The van der Waals surface area contributed by atoms with Gasteiger partial charge in [0.2, 0.25) is 0 Å². The molecule has 0 amide bonds. The number of anilines is 5. The van der Waals surface area contributed by atoms with Crippen LogP contribution in [-0.4, -0.2) is 25.0 Å². The third-order valence-electron chi connectivity index (χ3n) is 11.6. The molecule has 0 unspecified atom stereocenters. The van der Waals surface area contributed by atoms with Gasteiger partial charge in [-0.25, -0.2) is 0 Å². The zero-order valence-electron chi connectivity index (χ0n) is 33.6.